The molecule has 0 saturated carbocycles. The maximum Gasteiger partial charge on any atom is 0.0795 e. The fraction of sp³-hybridized carbons (Fsp3) is 1.00. The molecule has 0 bridgehead atoms. The highest BCUT2D eigenvalue weighted by Crippen LogP contribution is 2.38. The Kier molecular flexibility index (Phi) is 5.76. The molecule has 3 unspecified atom stereocenters. The molecule has 2 saturated heterocycles. The molecule has 0 aromatic rings. The van der Waals surface area contributed by atoms with E-state index in [1.54, 1.807) is 7.11 Å². The van der Waals surface area contributed by atoms with Crippen molar-refractivity contribution in [2.45, 2.75) is 43.4 Å². The zero-order chi connectivity index (χ0) is 12.8. The molecule has 2 rings (SSSR count). The van der Waals surface area contributed by atoms with Crippen molar-refractivity contribution in [2.24, 2.45) is 0 Å². The van der Waals surface area contributed by atoms with Gasteiger partial charge < -0.3 is 19.9 Å². The Labute approximate surface area is 114 Å². The Morgan fingerprint density at radius 3 is 3.17 bits per heavy atom. The van der Waals surface area contributed by atoms with Gasteiger partial charge >= 0.3 is 0 Å². The normalized spacial score (nSPS) is 34.0. The third-order valence-corrected chi connectivity index (χ3v) is 5.10. The predicted molar refractivity (Wildman–Crippen MR) is 74.1 cm³/mol. The van der Waals surface area contributed by atoms with E-state index >= 15 is 0 Å². The van der Waals surface area contributed by atoms with Gasteiger partial charge in [0, 0.05) is 38.2 Å². The summed E-state index contributed by atoms with van der Waals surface area (Å²) in [6, 6.07) is 0.762. The summed E-state index contributed by atoms with van der Waals surface area (Å²) in [5.74, 6) is 2.37. The minimum absolute atomic E-state index is 0.122. The monoisotopic (exact) mass is 275 g/mol. The minimum Gasteiger partial charge on any atom is -0.396 e. The van der Waals surface area contributed by atoms with Gasteiger partial charge in [-0.2, -0.15) is 11.8 Å². The summed E-state index contributed by atoms with van der Waals surface area (Å²) in [6.45, 7) is 1.74. The first-order chi connectivity index (χ1) is 8.78. The van der Waals surface area contributed by atoms with Gasteiger partial charge in [0.2, 0.25) is 0 Å². The SMILES string of the molecule is COCC(CCO)NC1CCOC2(CCSC2)C1. The Morgan fingerprint density at radius 1 is 1.61 bits per heavy atom. The Bertz CT molecular complexity index is 240. The summed E-state index contributed by atoms with van der Waals surface area (Å²) in [5.41, 5.74) is 0.122. The number of hydrogen-bond donors (Lipinski definition) is 2. The Hall–Kier alpha value is 0.190. The van der Waals surface area contributed by atoms with E-state index in [9.17, 15) is 0 Å². The molecule has 2 N–H and O–H groups in total. The van der Waals surface area contributed by atoms with Crippen LogP contribution in [0.2, 0.25) is 0 Å². The van der Waals surface area contributed by atoms with Crippen LogP contribution >= 0.6 is 11.8 Å². The van der Waals surface area contributed by atoms with Crippen molar-refractivity contribution < 1.29 is 14.6 Å². The van der Waals surface area contributed by atoms with Crippen LogP contribution in [-0.4, -0.2) is 61.2 Å². The quantitative estimate of drug-likeness (QED) is 0.758. The highest BCUT2D eigenvalue weighted by atomic mass is 32.2. The van der Waals surface area contributed by atoms with Crippen molar-refractivity contribution in [2.75, 3.05) is 38.4 Å². The van der Waals surface area contributed by atoms with Crippen LogP contribution in [-0.2, 0) is 9.47 Å². The van der Waals surface area contributed by atoms with E-state index in [2.05, 4.69) is 5.32 Å². The van der Waals surface area contributed by atoms with Crippen LogP contribution in [0.25, 0.3) is 0 Å². The van der Waals surface area contributed by atoms with E-state index in [0.717, 1.165) is 31.6 Å². The Morgan fingerprint density at radius 2 is 2.50 bits per heavy atom. The summed E-state index contributed by atoms with van der Waals surface area (Å²) in [6.07, 6.45) is 4.11. The van der Waals surface area contributed by atoms with Crippen molar-refractivity contribution >= 4 is 11.8 Å². The van der Waals surface area contributed by atoms with Gasteiger partial charge in [-0.15, -0.1) is 0 Å². The smallest absolute Gasteiger partial charge is 0.0795 e. The van der Waals surface area contributed by atoms with Crippen LogP contribution in [0, 0.1) is 0 Å². The first kappa shape index (κ1) is 14.6. The third-order valence-electron chi connectivity index (χ3n) is 3.88. The lowest BCUT2D eigenvalue weighted by molar-refractivity contribution is -0.0724. The van der Waals surface area contributed by atoms with Gasteiger partial charge in [0.25, 0.3) is 0 Å². The molecular formula is C13H25NO3S. The van der Waals surface area contributed by atoms with Crippen LogP contribution in [0.3, 0.4) is 0 Å². The van der Waals surface area contributed by atoms with Gasteiger partial charge in [-0.1, -0.05) is 0 Å². The van der Waals surface area contributed by atoms with Gasteiger partial charge in [0.1, 0.15) is 0 Å². The second-order valence-electron chi connectivity index (χ2n) is 5.35. The number of aliphatic hydroxyl groups excluding tert-OH is 1. The molecule has 2 aliphatic rings. The molecule has 0 amide bonds. The molecule has 2 aliphatic heterocycles. The van der Waals surface area contributed by atoms with Gasteiger partial charge in [-0.05, 0) is 31.4 Å². The van der Waals surface area contributed by atoms with E-state index in [1.165, 1.54) is 12.2 Å². The summed E-state index contributed by atoms with van der Waals surface area (Å²) in [4.78, 5) is 0. The van der Waals surface area contributed by atoms with Crippen molar-refractivity contribution in [3.05, 3.63) is 0 Å². The maximum absolute atomic E-state index is 9.07. The van der Waals surface area contributed by atoms with Gasteiger partial charge in [0.15, 0.2) is 0 Å². The third kappa shape index (κ3) is 3.84. The number of rotatable bonds is 6. The average Bonchev–Trinajstić information content (AvgIpc) is 2.78. The lowest BCUT2D eigenvalue weighted by atomic mass is 9.89. The van der Waals surface area contributed by atoms with E-state index in [1.807, 2.05) is 11.8 Å². The molecule has 3 atom stereocenters. The zero-order valence-corrected chi connectivity index (χ0v) is 12.0. The molecule has 1 spiro atoms. The van der Waals surface area contributed by atoms with Crippen LogP contribution in [0.5, 0.6) is 0 Å². The molecule has 0 aliphatic carbocycles. The van der Waals surface area contributed by atoms with Crippen LogP contribution < -0.4 is 5.32 Å². The average molecular weight is 275 g/mol. The molecule has 18 heavy (non-hydrogen) atoms. The fourth-order valence-corrected chi connectivity index (χ4v) is 4.32. The highest BCUT2D eigenvalue weighted by molar-refractivity contribution is 7.99. The lowest BCUT2D eigenvalue weighted by Crippen LogP contribution is -2.51. The molecule has 0 radical (unpaired) electrons. The standard InChI is InChI=1S/C13H25NO3S/c1-16-9-12(2-5-15)14-11-3-6-17-13(8-11)4-7-18-10-13/h11-12,14-15H,2-10H2,1H3. The largest absolute Gasteiger partial charge is 0.396 e. The second kappa shape index (κ2) is 7.10. The minimum atomic E-state index is 0.122. The van der Waals surface area contributed by atoms with E-state index in [-0.39, 0.29) is 18.2 Å². The van der Waals surface area contributed by atoms with Crippen molar-refractivity contribution in [1.82, 2.24) is 5.32 Å². The molecule has 5 heteroatoms. The van der Waals surface area contributed by atoms with Crippen molar-refractivity contribution in [3.63, 3.8) is 0 Å². The summed E-state index contributed by atoms with van der Waals surface area (Å²) >= 11 is 2.00. The van der Waals surface area contributed by atoms with Crippen LogP contribution in [0.15, 0.2) is 0 Å². The fourth-order valence-electron chi connectivity index (χ4n) is 2.94. The molecule has 2 heterocycles. The maximum atomic E-state index is 9.07. The predicted octanol–water partition coefficient (Wildman–Crippen LogP) is 1.03. The first-order valence-corrected chi connectivity index (χ1v) is 8.01. The molecule has 106 valence electrons. The highest BCUT2D eigenvalue weighted by Gasteiger charge is 2.40. The number of hydrogen-bond acceptors (Lipinski definition) is 5. The van der Waals surface area contributed by atoms with E-state index < -0.39 is 0 Å². The van der Waals surface area contributed by atoms with Crippen LogP contribution in [0.4, 0.5) is 0 Å². The lowest BCUT2D eigenvalue weighted by Gasteiger charge is -2.39. The molecule has 4 nitrogen and oxygen atoms in total. The number of methoxy groups -OCH3 is 1. The Balaban J connectivity index is 1.83. The molecule has 0 aromatic heterocycles. The topological polar surface area (TPSA) is 50.7 Å². The zero-order valence-electron chi connectivity index (χ0n) is 11.2. The summed E-state index contributed by atoms with van der Waals surface area (Å²) < 4.78 is 11.2. The molecule has 2 fully saturated rings. The summed E-state index contributed by atoms with van der Waals surface area (Å²) in [5, 5.41) is 12.7. The van der Waals surface area contributed by atoms with E-state index in [0.29, 0.717) is 12.6 Å². The summed E-state index contributed by atoms with van der Waals surface area (Å²) in [7, 11) is 1.71. The van der Waals surface area contributed by atoms with Crippen LogP contribution in [0.1, 0.15) is 25.7 Å². The van der Waals surface area contributed by atoms with Gasteiger partial charge in [-0.25, -0.2) is 0 Å². The first-order valence-electron chi connectivity index (χ1n) is 6.85. The molecule has 0 aromatic carbocycles. The van der Waals surface area contributed by atoms with Gasteiger partial charge in [-0.3, -0.25) is 0 Å². The number of aliphatic hydroxyl groups is 1. The second-order valence-corrected chi connectivity index (χ2v) is 6.46. The van der Waals surface area contributed by atoms with Gasteiger partial charge in [0.05, 0.1) is 12.2 Å². The van der Waals surface area contributed by atoms with Crippen molar-refractivity contribution in [3.8, 4) is 0 Å². The number of nitrogens with one attached hydrogen (secondary N) is 1. The number of thioether (sulfide) groups is 1. The van der Waals surface area contributed by atoms with E-state index in [4.69, 9.17) is 14.6 Å². The van der Waals surface area contributed by atoms with Crippen molar-refractivity contribution in [1.29, 1.82) is 0 Å². The molecular weight excluding hydrogens is 250 g/mol. The number of ether oxygens (including phenoxy) is 2.